The summed E-state index contributed by atoms with van der Waals surface area (Å²) in [5.41, 5.74) is 1.90. The Morgan fingerprint density at radius 3 is 2.72 bits per heavy atom. The quantitative estimate of drug-likeness (QED) is 0.470. The van der Waals surface area contributed by atoms with Gasteiger partial charge in [-0.3, -0.25) is 0 Å². The van der Waals surface area contributed by atoms with Gasteiger partial charge in [0.1, 0.15) is 17.4 Å². The maximum atomic E-state index is 13.7. The van der Waals surface area contributed by atoms with Crippen LogP contribution in [0.1, 0.15) is 25.7 Å². The van der Waals surface area contributed by atoms with E-state index in [-0.39, 0.29) is 5.02 Å². The van der Waals surface area contributed by atoms with Gasteiger partial charge in [-0.15, -0.1) is 0 Å². The normalized spacial score (nSPS) is 15.9. The van der Waals surface area contributed by atoms with Crippen LogP contribution in [-0.2, 0) is 0 Å². The molecule has 0 saturated carbocycles. The summed E-state index contributed by atoms with van der Waals surface area (Å²) in [6.45, 7) is 3.08. The van der Waals surface area contributed by atoms with E-state index in [4.69, 9.17) is 27.9 Å². The highest BCUT2D eigenvalue weighted by atomic mass is 35.5. The molecule has 2 heterocycles. The zero-order valence-electron chi connectivity index (χ0n) is 16.4. The maximum Gasteiger partial charge on any atom is 0.144 e. The van der Waals surface area contributed by atoms with Crippen molar-refractivity contribution in [3.05, 3.63) is 46.2 Å². The third-order valence-corrected chi connectivity index (χ3v) is 6.19. The van der Waals surface area contributed by atoms with Crippen LogP contribution in [0.2, 0.25) is 10.0 Å². The van der Waals surface area contributed by atoms with Gasteiger partial charge in [0.25, 0.3) is 0 Å². The first-order chi connectivity index (χ1) is 14.0. The predicted molar refractivity (Wildman–Crippen MR) is 116 cm³/mol. The lowest BCUT2D eigenvalue weighted by atomic mass is 9.93. The Bertz CT molecular complexity index is 960. The van der Waals surface area contributed by atoms with Gasteiger partial charge < -0.3 is 14.6 Å². The molecule has 29 heavy (non-hydrogen) atoms. The van der Waals surface area contributed by atoms with Crippen LogP contribution < -0.4 is 4.74 Å². The highest BCUT2D eigenvalue weighted by Gasteiger charge is 2.16. The zero-order valence-corrected chi connectivity index (χ0v) is 17.9. The number of benzene rings is 2. The Kier molecular flexibility index (Phi) is 6.28. The number of piperidine rings is 1. The van der Waals surface area contributed by atoms with Crippen LogP contribution in [0, 0.1) is 11.7 Å². The number of hydrogen-bond donors (Lipinski definition) is 1. The number of nitrogens with one attached hydrogen (secondary N) is 1. The lowest BCUT2D eigenvalue weighted by Gasteiger charge is -2.28. The molecule has 1 N–H and O–H groups in total. The van der Waals surface area contributed by atoms with Crippen molar-refractivity contribution in [1.82, 2.24) is 14.9 Å². The first-order valence-corrected chi connectivity index (χ1v) is 10.7. The van der Waals surface area contributed by atoms with E-state index in [0.717, 1.165) is 23.7 Å². The summed E-state index contributed by atoms with van der Waals surface area (Å²) >= 11 is 12.3. The van der Waals surface area contributed by atoms with E-state index >= 15 is 0 Å². The molecule has 0 unspecified atom stereocenters. The standard InChI is InChI=1S/C22H24Cl2FN3O/c1-28-8-6-14(7-9-28)3-2-10-29-15-4-5-16(17(23)11-15)22-26-20-12-18(24)19(25)13-21(20)27-22/h4-5,11-14H,2-3,6-10H2,1H3,(H,26,27). The van der Waals surface area contributed by atoms with Crippen LogP contribution >= 0.6 is 23.2 Å². The van der Waals surface area contributed by atoms with Crippen molar-refractivity contribution in [1.29, 1.82) is 0 Å². The molecule has 1 aliphatic rings. The van der Waals surface area contributed by atoms with Gasteiger partial charge in [0.15, 0.2) is 0 Å². The van der Waals surface area contributed by atoms with Crippen LogP contribution in [0.25, 0.3) is 22.4 Å². The molecule has 0 spiro atoms. The fraction of sp³-hybridized carbons (Fsp3) is 0.409. The predicted octanol–water partition coefficient (Wildman–Crippen LogP) is 6.18. The molecule has 4 rings (SSSR count). The third-order valence-electron chi connectivity index (χ3n) is 5.58. The molecule has 4 nitrogen and oxygen atoms in total. The van der Waals surface area contributed by atoms with Crippen LogP contribution in [-0.4, -0.2) is 41.6 Å². The van der Waals surface area contributed by atoms with Crippen molar-refractivity contribution in [2.24, 2.45) is 5.92 Å². The van der Waals surface area contributed by atoms with Gasteiger partial charge in [-0.2, -0.15) is 0 Å². The van der Waals surface area contributed by atoms with Crippen molar-refractivity contribution in [3.63, 3.8) is 0 Å². The van der Waals surface area contributed by atoms with E-state index in [9.17, 15) is 4.39 Å². The lowest BCUT2D eigenvalue weighted by molar-refractivity contribution is 0.200. The number of ether oxygens (including phenoxy) is 1. The maximum absolute atomic E-state index is 13.7. The number of fused-ring (bicyclic) bond motifs is 1. The summed E-state index contributed by atoms with van der Waals surface area (Å²) in [6, 6.07) is 8.39. The Morgan fingerprint density at radius 2 is 1.97 bits per heavy atom. The molecule has 7 heteroatoms. The van der Waals surface area contributed by atoms with Gasteiger partial charge in [-0.25, -0.2) is 9.37 Å². The van der Waals surface area contributed by atoms with Gasteiger partial charge in [-0.1, -0.05) is 23.2 Å². The Labute approximate surface area is 180 Å². The molecule has 154 valence electrons. The molecule has 1 aliphatic heterocycles. The van der Waals surface area contributed by atoms with Gasteiger partial charge in [0, 0.05) is 11.6 Å². The summed E-state index contributed by atoms with van der Waals surface area (Å²) in [5, 5.41) is 0.578. The molecule has 1 fully saturated rings. The van der Waals surface area contributed by atoms with Gasteiger partial charge >= 0.3 is 0 Å². The number of aromatic nitrogens is 2. The van der Waals surface area contributed by atoms with E-state index < -0.39 is 5.82 Å². The molecule has 0 aliphatic carbocycles. The van der Waals surface area contributed by atoms with Gasteiger partial charge in [-0.05, 0) is 76.0 Å². The summed E-state index contributed by atoms with van der Waals surface area (Å²) in [4.78, 5) is 9.96. The molecular weight excluding hydrogens is 412 g/mol. The summed E-state index contributed by atoms with van der Waals surface area (Å²) in [7, 11) is 2.19. The van der Waals surface area contributed by atoms with Crippen LogP contribution in [0.3, 0.4) is 0 Å². The van der Waals surface area contributed by atoms with Crippen molar-refractivity contribution in [2.75, 3.05) is 26.7 Å². The summed E-state index contributed by atoms with van der Waals surface area (Å²) < 4.78 is 19.5. The van der Waals surface area contributed by atoms with E-state index in [0.29, 0.717) is 28.5 Å². The number of halogens is 3. The second-order valence-corrected chi connectivity index (χ2v) is 8.56. The number of rotatable bonds is 6. The SMILES string of the molecule is CN1CCC(CCCOc2ccc(-c3nc4cc(Cl)c(F)cc4[nH]3)c(Cl)c2)CC1. The van der Waals surface area contributed by atoms with Crippen LogP contribution in [0.5, 0.6) is 5.75 Å². The molecule has 1 aromatic heterocycles. The topological polar surface area (TPSA) is 41.1 Å². The molecule has 0 atom stereocenters. The highest BCUT2D eigenvalue weighted by Crippen LogP contribution is 2.32. The van der Waals surface area contributed by atoms with E-state index in [2.05, 4.69) is 21.9 Å². The van der Waals surface area contributed by atoms with Crippen molar-refractivity contribution in [3.8, 4) is 17.1 Å². The average molecular weight is 436 g/mol. The number of hydrogen-bond acceptors (Lipinski definition) is 3. The Balaban J connectivity index is 1.36. The average Bonchev–Trinajstić information content (AvgIpc) is 3.09. The largest absolute Gasteiger partial charge is 0.494 e. The molecule has 0 radical (unpaired) electrons. The fourth-order valence-corrected chi connectivity index (χ4v) is 4.24. The van der Waals surface area contributed by atoms with Gasteiger partial charge in [0.05, 0.1) is 27.7 Å². The Morgan fingerprint density at radius 1 is 1.17 bits per heavy atom. The van der Waals surface area contributed by atoms with Crippen molar-refractivity contribution in [2.45, 2.75) is 25.7 Å². The lowest BCUT2D eigenvalue weighted by Crippen LogP contribution is -2.30. The van der Waals surface area contributed by atoms with E-state index in [1.807, 2.05) is 12.1 Å². The van der Waals surface area contributed by atoms with Crippen molar-refractivity contribution < 1.29 is 9.13 Å². The minimum absolute atomic E-state index is 0.0469. The summed E-state index contributed by atoms with van der Waals surface area (Å²) in [6.07, 6.45) is 4.81. The number of imidazole rings is 1. The minimum atomic E-state index is -0.482. The van der Waals surface area contributed by atoms with Crippen LogP contribution in [0.4, 0.5) is 4.39 Å². The number of H-pyrrole nitrogens is 1. The first-order valence-electron chi connectivity index (χ1n) is 9.95. The van der Waals surface area contributed by atoms with E-state index in [1.165, 1.54) is 44.5 Å². The number of aromatic amines is 1. The summed E-state index contributed by atoms with van der Waals surface area (Å²) in [5.74, 6) is 1.64. The Hall–Kier alpha value is -1.82. The second kappa shape index (κ2) is 8.90. The van der Waals surface area contributed by atoms with E-state index in [1.54, 1.807) is 6.07 Å². The second-order valence-electron chi connectivity index (χ2n) is 7.75. The molecule has 0 bridgehead atoms. The molecule has 3 aromatic rings. The van der Waals surface area contributed by atoms with Gasteiger partial charge in [0.2, 0.25) is 0 Å². The number of nitrogens with zero attached hydrogens (tertiary/aromatic N) is 2. The first kappa shape index (κ1) is 20.5. The molecule has 1 saturated heterocycles. The fourth-order valence-electron chi connectivity index (χ4n) is 3.82. The van der Waals surface area contributed by atoms with Crippen molar-refractivity contribution >= 4 is 34.2 Å². The van der Waals surface area contributed by atoms with Crippen LogP contribution in [0.15, 0.2) is 30.3 Å². The molecular formula is C22H24Cl2FN3O. The minimum Gasteiger partial charge on any atom is -0.494 e. The monoisotopic (exact) mass is 435 g/mol. The molecule has 2 aromatic carbocycles. The smallest absolute Gasteiger partial charge is 0.144 e. The number of likely N-dealkylation sites (tertiary alicyclic amines) is 1. The third kappa shape index (κ3) is 4.85. The highest BCUT2D eigenvalue weighted by molar-refractivity contribution is 6.33. The zero-order chi connectivity index (χ0) is 20.4. The molecule has 0 amide bonds.